The molecule has 1 aliphatic rings. The molecule has 26 heavy (non-hydrogen) atoms. The Morgan fingerprint density at radius 3 is 2.35 bits per heavy atom. The number of hydrogen-bond acceptors (Lipinski definition) is 6. The second-order valence-electron chi connectivity index (χ2n) is 7.21. The maximum absolute atomic E-state index is 12.4. The molecule has 2 rings (SSSR count). The van der Waals surface area contributed by atoms with Crippen molar-refractivity contribution in [2.24, 2.45) is 0 Å². The van der Waals surface area contributed by atoms with Crippen LogP contribution in [-0.4, -0.2) is 62.1 Å². The van der Waals surface area contributed by atoms with Gasteiger partial charge in [0.25, 0.3) is 0 Å². The number of amides is 1. The summed E-state index contributed by atoms with van der Waals surface area (Å²) in [6, 6.07) is 6.54. The number of esters is 1. The minimum absolute atomic E-state index is 0.0437. The SMILES string of the molecule is COC(=O)c1ccc(OC[C@@H]2CC(OC)CN2C(=O)OC(C)(C)C)cc1. The number of ether oxygens (including phenoxy) is 4. The molecule has 1 heterocycles. The van der Waals surface area contributed by atoms with E-state index in [1.165, 1.54) is 7.11 Å². The van der Waals surface area contributed by atoms with Gasteiger partial charge in [0, 0.05) is 7.11 Å². The lowest BCUT2D eigenvalue weighted by atomic mass is 10.2. The lowest BCUT2D eigenvalue weighted by Crippen LogP contribution is -2.42. The van der Waals surface area contributed by atoms with Crippen LogP contribution in [0.1, 0.15) is 37.6 Å². The number of methoxy groups -OCH3 is 2. The minimum atomic E-state index is -0.558. The maximum Gasteiger partial charge on any atom is 0.410 e. The summed E-state index contributed by atoms with van der Waals surface area (Å²) < 4.78 is 21.4. The van der Waals surface area contributed by atoms with Crippen LogP contribution in [0.5, 0.6) is 5.75 Å². The second kappa shape index (κ2) is 8.40. The molecule has 1 aromatic rings. The van der Waals surface area contributed by atoms with Crippen LogP contribution in [0.2, 0.25) is 0 Å². The molecule has 0 N–H and O–H groups in total. The molecular formula is C19H27NO6. The number of carbonyl (C=O) groups is 2. The number of hydrogen-bond donors (Lipinski definition) is 0. The van der Waals surface area contributed by atoms with Crippen LogP contribution in [0.3, 0.4) is 0 Å². The normalized spacial score (nSPS) is 20.0. The Morgan fingerprint density at radius 2 is 1.81 bits per heavy atom. The largest absolute Gasteiger partial charge is 0.491 e. The zero-order valence-electron chi connectivity index (χ0n) is 16.0. The van der Waals surface area contributed by atoms with Gasteiger partial charge in [0.1, 0.15) is 18.0 Å². The fraction of sp³-hybridized carbons (Fsp3) is 0.579. The molecule has 1 saturated heterocycles. The summed E-state index contributed by atoms with van der Waals surface area (Å²) in [5, 5.41) is 0. The van der Waals surface area contributed by atoms with Crippen molar-refractivity contribution in [2.45, 2.75) is 44.9 Å². The molecule has 144 valence electrons. The van der Waals surface area contributed by atoms with Gasteiger partial charge < -0.3 is 18.9 Å². The van der Waals surface area contributed by atoms with Crippen molar-refractivity contribution < 1.29 is 28.5 Å². The summed E-state index contributed by atoms with van der Waals surface area (Å²) in [6.45, 7) is 6.30. The van der Waals surface area contributed by atoms with Crippen LogP contribution in [0.15, 0.2) is 24.3 Å². The first-order chi connectivity index (χ1) is 12.2. The highest BCUT2D eigenvalue weighted by Crippen LogP contribution is 2.24. The first-order valence-corrected chi connectivity index (χ1v) is 8.57. The van der Waals surface area contributed by atoms with E-state index >= 15 is 0 Å². The van der Waals surface area contributed by atoms with Gasteiger partial charge in [0.2, 0.25) is 0 Å². The number of benzene rings is 1. The molecule has 2 atom stereocenters. The summed E-state index contributed by atoms with van der Waals surface area (Å²) in [5.74, 6) is 0.217. The third-order valence-electron chi connectivity index (χ3n) is 4.06. The highest BCUT2D eigenvalue weighted by molar-refractivity contribution is 5.89. The fourth-order valence-corrected chi connectivity index (χ4v) is 2.74. The summed E-state index contributed by atoms with van der Waals surface area (Å²) in [7, 11) is 2.97. The minimum Gasteiger partial charge on any atom is -0.491 e. The molecule has 7 heteroatoms. The molecule has 1 unspecified atom stereocenters. The maximum atomic E-state index is 12.4. The lowest BCUT2D eigenvalue weighted by Gasteiger charge is -2.28. The van der Waals surface area contributed by atoms with Crippen LogP contribution in [0.4, 0.5) is 4.79 Å². The van der Waals surface area contributed by atoms with Gasteiger partial charge in [-0.25, -0.2) is 9.59 Å². The number of likely N-dealkylation sites (tertiary alicyclic amines) is 1. The van der Waals surface area contributed by atoms with Gasteiger partial charge >= 0.3 is 12.1 Å². The molecule has 1 amide bonds. The van der Waals surface area contributed by atoms with Crippen LogP contribution in [0.25, 0.3) is 0 Å². The van der Waals surface area contributed by atoms with Crippen molar-refractivity contribution in [1.29, 1.82) is 0 Å². The molecule has 1 aromatic carbocycles. The van der Waals surface area contributed by atoms with Gasteiger partial charge in [-0.2, -0.15) is 0 Å². The van der Waals surface area contributed by atoms with E-state index in [9.17, 15) is 9.59 Å². The molecule has 0 bridgehead atoms. The van der Waals surface area contributed by atoms with Gasteiger partial charge in [-0.15, -0.1) is 0 Å². The molecular weight excluding hydrogens is 338 g/mol. The quantitative estimate of drug-likeness (QED) is 0.747. The Kier molecular flexibility index (Phi) is 6.47. The van der Waals surface area contributed by atoms with Crippen molar-refractivity contribution in [1.82, 2.24) is 4.90 Å². The molecule has 0 aromatic heterocycles. The second-order valence-corrected chi connectivity index (χ2v) is 7.21. The van der Waals surface area contributed by atoms with E-state index in [1.54, 1.807) is 36.3 Å². The Hall–Kier alpha value is -2.28. The third-order valence-corrected chi connectivity index (χ3v) is 4.06. The summed E-state index contributed by atoms with van der Waals surface area (Å²) in [6.07, 6.45) is 0.264. The van der Waals surface area contributed by atoms with E-state index < -0.39 is 11.6 Å². The lowest BCUT2D eigenvalue weighted by molar-refractivity contribution is 0.0163. The average Bonchev–Trinajstić information content (AvgIpc) is 3.02. The van der Waals surface area contributed by atoms with E-state index in [0.717, 1.165) is 0 Å². The van der Waals surface area contributed by atoms with Gasteiger partial charge in [-0.3, -0.25) is 4.90 Å². The monoisotopic (exact) mass is 365 g/mol. The van der Waals surface area contributed by atoms with Crippen molar-refractivity contribution in [3.63, 3.8) is 0 Å². The molecule has 1 aliphatic heterocycles. The first-order valence-electron chi connectivity index (χ1n) is 8.57. The Balaban J connectivity index is 1.99. The predicted octanol–water partition coefficient (Wildman–Crippen LogP) is 2.88. The molecule has 0 radical (unpaired) electrons. The topological polar surface area (TPSA) is 74.3 Å². The molecule has 0 aliphatic carbocycles. The molecule has 0 saturated carbocycles. The Bertz CT molecular complexity index is 622. The zero-order valence-corrected chi connectivity index (χ0v) is 16.0. The first kappa shape index (κ1) is 20.0. The summed E-state index contributed by atoms with van der Waals surface area (Å²) in [5.41, 5.74) is -0.104. The van der Waals surface area contributed by atoms with Gasteiger partial charge in [-0.05, 0) is 51.5 Å². The number of rotatable bonds is 5. The van der Waals surface area contributed by atoms with Crippen molar-refractivity contribution in [2.75, 3.05) is 27.4 Å². The van der Waals surface area contributed by atoms with E-state index in [4.69, 9.17) is 14.2 Å². The van der Waals surface area contributed by atoms with Crippen molar-refractivity contribution in [3.05, 3.63) is 29.8 Å². The highest BCUT2D eigenvalue weighted by Gasteiger charge is 2.38. The van der Waals surface area contributed by atoms with E-state index in [1.807, 2.05) is 20.8 Å². The molecule has 7 nitrogen and oxygen atoms in total. The van der Waals surface area contributed by atoms with E-state index in [2.05, 4.69) is 4.74 Å². The predicted molar refractivity (Wildman–Crippen MR) is 95.4 cm³/mol. The summed E-state index contributed by atoms with van der Waals surface area (Å²) >= 11 is 0. The van der Waals surface area contributed by atoms with Crippen LogP contribution < -0.4 is 4.74 Å². The fourth-order valence-electron chi connectivity index (χ4n) is 2.74. The van der Waals surface area contributed by atoms with Crippen LogP contribution >= 0.6 is 0 Å². The van der Waals surface area contributed by atoms with Gasteiger partial charge in [0.15, 0.2) is 0 Å². The highest BCUT2D eigenvalue weighted by atomic mass is 16.6. The van der Waals surface area contributed by atoms with Gasteiger partial charge in [0.05, 0.1) is 31.4 Å². The zero-order chi connectivity index (χ0) is 19.3. The van der Waals surface area contributed by atoms with Gasteiger partial charge in [-0.1, -0.05) is 0 Å². The van der Waals surface area contributed by atoms with Crippen molar-refractivity contribution >= 4 is 12.1 Å². The number of nitrogens with zero attached hydrogens (tertiary/aromatic N) is 1. The van der Waals surface area contributed by atoms with E-state index in [-0.39, 0.29) is 18.2 Å². The van der Waals surface area contributed by atoms with Crippen LogP contribution in [0, 0.1) is 0 Å². The average molecular weight is 365 g/mol. The Morgan fingerprint density at radius 1 is 1.15 bits per heavy atom. The third kappa shape index (κ3) is 5.36. The standard InChI is InChI=1S/C19H27NO6/c1-19(2,3)26-18(22)20-11-16(23-4)10-14(20)12-25-15-8-6-13(7-9-15)17(21)24-5/h6-9,14,16H,10-12H2,1-5H3/t14-,16?/m0/s1. The van der Waals surface area contributed by atoms with E-state index in [0.29, 0.717) is 30.9 Å². The number of carbonyl (C=O) groups excluding carboxylic acids is 2. The smallest absolute Gasteiger partial charge is 0.410 e. The molecule has 0 spiro atoms. The molecule has 1 fully saturated rings. The summed E-state index contributed by atoms with van der Waals surface area (Å²) in [4.78, 5) is 25.6. The van der Waals surface area contributed by atoms with Crippen LogP contribution in [-0.2, 0) is 14.2 Å². The Labute approximate surface area is 154 Å². The van der Waals surface area contributed by atoms with Crippen molar-refractivity contribution in [3.8, 4) is 5.75 Å².